The van der Waals surface area contributed by atoms with Crippen LogP contribution < -0.4 is 17.2 Å². The zero-order valence-electron chi connectivity index (χ0n) is 9.73. The number of anilines is 1. The van der Waals surface area contributed by atoms with Crippen LogP contribution in [-0.2, 0) is 4.74 Å². The Balaban J connectivity index is 2.02. The van der Waals surface area contributed by atoms with E-state index in [1.165, 1.54) is 6.33 Å². The Kier molecular flexibility index (Phi) is 2.62. The third-order valence-electron chi connectivity index (χ3n) is 3.16. The molecule has 2 aromatic heterocycles. The van der Waals surface area contributed by atoms with Crippen molar-refractivity contribution in [3.63, 3.8) is 0 Å². The fourth-order valence-electron chi connectivity index (χ4n) is 2.25. The largest absolute Gasteiger partial charge is 0.382 e. The van der Waals surface area contributed by atoms with Gasteiger partial charge in [-0.1, -0.05) is 0 Å². The van der Waals surface area contributed by atoms with Crippen molar-refractivity contribution in [2.24, 2.45) is 11.5 Å². The van der Waals surface area contributed by atoms with Crippen molar-refractivity contribution < 1.29 is 4.74 Å². The molecule has 0 spiro atoms. The van der Waals surface area contributed by atoms with Gasteiger partial charge in [-0.3, -0.25) is 4.57 Å². The standard InChI is InChI=1S/C10H15N7O/c11-2-5-1-6(12)10(18-5)17-4-16-7-8(13)14-3-15-9(7)17/h3-6,10H,1-2,11-12H2,(H2,13,14,15)/t5-,6-,10+/m0/s1. The molecule has 0 aromatic carbocycles. The Morgan fingerprint density at radius 2 is 2.22 bits per heavy atom. The molecule has 0 unspecified atom stereocenters. The van der Waals surface area contributed by atoms with E-state index in [9.17, 15) is 0 Å². The van der Waals surface area contributed by atoms with Crippen LogP contribution in [0, 0.1) is 0 Å². The minimum atomic E-state index is -0.308. The number of nitrogen functional groups attached to an aromatic ring is 1. The lowest BCUT2D eigenvalue weighted by molar-refractivity contribution is 0.00387. The van der Waals surface area contributed by atoms with Crippen LogP contribution in [0.2, 0.25) is 0 Å². The Morgan fingerprint density at radius 3 is 2.94 bits per heavy atom. The lowest BCUT2D eigenvalue weighted by Gasteiger charge is -2.17. The predicted molar refractivity (Wildman–Crippen MR) is 65.3 cm³/mol. The summed E-state index contributed by atoms with van der Waals surface area (Å²) in [6, 6.07) is -0.132. The van der Waals surface area contributed by atoms with E-state index in [1.54, 1.807) is 10.9 Å². The number of rotatable bonds is 2. The van der Waals surface area contributed by atoms with Crippen LogP contribution in [0.25, 0.3) is 11.2 Å². The normalized spacial score (nSPS) is 28.0. The number of imidazole rings is 1. The van der Waals surface area contributed by atoms with Crippen LogP contribution in [0.15, 0.2) is 12.7 Å². The molecule has 0 aliphatic carbocycles. The first-order valence-electron chi connectivity index (χ1n) is 5.75. The van der Waals surface area contributed by atoms with E-state index < -0.39 is 0 Å². The summed E-state index contributed by atoms with van der Waals surface area (Å²) in [7, 11) is 0. The van der Waals surface area contributed by atoms with E-state index in [1.807, 2.05) is 0 Å². The molecular formula is C10H15N7O. The maximum absolute atomic E-state index is 6.06. The summed E-state index contributed by atoms with van der Waals surface area (Å²) < 4.78 is 7.57. The summed E-state index contributed by atoms with van der Waals surface area (Å²) in [6.45, 7) is 0.452. The average molecular weight is 249 g/mol. The predicted octanol–water partition coefficient (Wildman–Crippen LogP) is -1.02. The maximum Gasteiger partial charge on any atom is 0.167 e. The zero-order valence-corrected chi connectivity index (χ0v) is 9.73. The molecule has 6 N–H and O–H groups in total. The third-order valence-corrected chi connectivity index (χ3v) is 3.16. The Morgan fingerprint density at radius 1 is 1.39 bits per heavy atom. The van der Waals surface area contributed by atoms with Gasteiger partial charge in [-0.15, -0.1) is 0 Å². The highest BCUT2D eigenvalue weighted by Gasteiger charge is 2.34. The average Bonchev–Trinajstić information content (AvgIpc) is 2.93. The zero-order chi connectivity index (χ0) is 12.7. The van der Waals surface area contributed by atoms with Crippen molar-refractivity contribution in [3.8, 4) is 0 Å². The molecule has 0 amide bonds. The molecule has 1 saturated heterocycles. The van der Waals surface area contributed by atoms with Gasteiger partial charge in [0.25, 0.3) is 0 Å². The highest BCUT2D eigenvalue weighted by Crippen LogP contribution is 2.29. The molecule has 1 aliphatic rings. The summed E-state index contributed by atoms with van der Waals surface area (Å²) in [6.07, 6.45) is 3.41. The molecule has 3 heterocycles. The first kappa shape index (κ1) is 11.3. The highest BCUT2D eigenvalue weighted by atomic mass is 16.5. The molecule has 96 valence electrons. The summed E-state index contributed by atoms with van der Waals surface area (Å²) in [4.78, 5) is 12.3. The van der Waals surface area contributed by atoms with Crippen LogP contribution in [0.1, 0.15) is 12.6 Å². The van der Waals surface area contributed by atoms with Gasteiger partial charge in [-0.2, -0.15) is 0 Å². The lowest BCUT2D eigenvalue weighted by Crippen LogP contribution is -2.27. The molecule has 3 rings (SSSR count). The quantitative estimate of drug-likeness (QED) is 0.620. The molecule has 18 heavy (non-hydrogen) atoms. The SMILES string of the molecule is NC[C@@H]1C[C@H](N)[C@H](n2cnc3c(N)ncnc32)O1. The molecular weight excluding hydrogens is 234 g/mol. The number of fused-ring (bicyclic) bond motifs is 1. The molecule has 0 saturated carbocycles. The first-order valence-corrected chi connectivity index (χ1v) is 5.75. The van der Waals surface area contributed by atoms with E-state index in [2.05, 4.69) is 15.0 Å². The Hall–Kier alpha value is -1.77. The number of nitrogens with zero attached hydrogens (tertiary/aromatic N) is 4. The summed E-state index contributed by atoms with van der Waals surface area (Å²) in [5.41, 5.74) is 18.6. The Bertz CT molecular complexity index is 568. The van der Waals surface area contributed by atoms with Crippen LogP contribution in [0.5, 0.6) is 0 Å². The molecule has 0 bridgehead atoms. The topological polar surface area (TPSA) is 131 Å². The highest BCUT2D eigenvalue weighted by molar-refractivity contribution is 5.81. The van der Waals surface area contributed by atoms with Crippen molar-refractivity contribution in [1.82, 2.24) is 19.5 Å². The Labute approximate surface area is 103 Å². The van der Waals surface area contributed by atoms with Crippen LogP contribution in [0.4, 0.5) is 5.82 Å². The van der Waals surface area contributed by atoms with Crippen molar-refractivity contribution in [3.05, 3.63) is 12.7 Å². The van der Waals surface area contributed by atoms with E-state index in [4.69, 9.17) is 21.9 Å². The van der Waals surface area contributed by atoms with E-state index in [0.717, 1.165) is 6.42 Å². The second-order valence-corrected chi connectivity index (χ2v) is 4.37. The molecule has 1 fully saturated rings. The van der Waals surface area contributed by atoms with Gasteiger partial charge in [0.2, 0.25) is 0 Å². The second kappa shape index (κ2) is 4.16. The minimum Gasteiger partial charge on any atom is -0.382 e. The van der Waals surface area contributed by atoms with Crippen LogP contribution in [-0.4, -0.2) is 38.2 Å². The van der Waals surface area contributed by atoms with Crippen molar-refractivity contribution in [1.29, 1.82) is 0 Å². The van der Waals surface area contributed by atoms with Gasteiger partial charge < -0.3 is 21.9 Å². The maximum atomic E-state index is 6.06. The number of nitrogens with two attached hydrogens (primary N) is 3. The van der Waals surface area contributed by atoms with Gasteiger partial charge in [0.15, 0.2) is 17.7 Å². The van der Waals surface area contributed by atoms with Crippen molar-refractivity contribution in [2.45, 2.75) is 24.8 Å². The second-order valence-electron chi connectivity index (χ2n) is 4.37. The van der Waals surface area contributed by atoms with Gasteiger partial charge in [-0.25, -0.2) is 15.0 Å². The van der Waals surface area contributed by atoms with Gasteiger partial charge >= 0.3 is 0 Å². The van der Waals surface area contributed by atoms with E-state index >= 15 is 0 Å². The molecule has 0 radical (unpaired) electrons. The minimum absolute atomic E-state index is 0.0263. The molecule has 8 nitrogen and oxygen atoms in total. The first-order chi connectivity index (χ1) is 8.70. The van der Waals surface area contributed by atoms with Gasteiger partial charge in [0, 0.05) is 6.54 Å². The molecule has 2 aromatic rings. The fraction of sp³-hybridized carbons (Fsp3) is 0.500. The van der Waals surface area contributed by atoms with Crippen LogP contribution >= 0.6 is 0 Å². The van der Waals surface area contributed by atoms with E-state index in [-0.39, 0.29) is 18.4 Å². The lowest BCUT2D eigenvalue weighted by atomic mass is 10.1. The molecule has 3 atom stereocenters. The third kappa shape index (κ3) is 1.62. The molecule has 1 aliphatic heterocycles. The number of hydrogen-bond acceptors (Lipinski definition) is 7. The summed E-state index contributed by atoms with van der Waals surface area (Å²) in [5.74, 6) is 0.348. The van der Waals surface area contributed by atoms with E-state index in [0.29, 0.717) is 23.5 Å². The molecule has 8 heteroatoms. The number of ether oxygens (including phenoxy) is 1. The number of aromatic nitrogens is 4. The van der Waals surface area contributed by atoms with Gasteiger partial charge in [-0.05, 0) is 6.42 Å². The fourth-order valence-corrected chi connectivity index (χ4v) is 2.25. The smallest absolute Gasteiger partial charge is 0.167 e. The monoisotopic (exact) mass is 249 g/mol. The van der Waals surface area contributed by atoms with Gasteiger partial charge in [0.1, 0.15) is 11.8 Å². The van der Waals surface area contributed by atoms with Crippen molar-refractivity contribution in [2.75, 3.05) is 12.3 Å². The van der Waals surface area contributed by atoms with Gasteiger partial charge in [0.05, 0.1) is 18.5 Å². The van der Waals surface area contributed by atoms with Crippen LogP contribution in [0.3, 0.4) is 0 Å². The summed E-state index contributed by atoms with van der Waals surface area (Å²) in [5, 5.41) is 0. The van der Waals surface area contributed by atoms with Crippen molar-refractivity contribution >= 4 is 17.0 Å². The summed E-state index contributed by atoms with van der Waals surface area (Å²) >= 11 is 0. The number of hydrogen-bond donors (Lipinski definition) is 3.